The maximum absolute atomic E-state index is 9.62. The molecule has 0 aliphatic rings. The lowest BCUT2D eigenvalue weighted by Crippen LogP contribution is -2.27. The maximum Gasteiger partial charge on any atom is 0.0915 e. The van der Waals surface area contributed by atoms with Gasteiger partial charge in [0.2, 0.25) is 0 Å². The van der Waals surface area contributed by atoms with E-state index in [1.807, 2.05) is 0 Å². The summed E-state index contributed by atoms with van der Waals surface area (Å²) in [5, 5.41) is 12.7. The summed E-state index contributed by atoms with van der Waals surface area (Å²) in [6.07, 6.45) is 2.86. The van der Waals surface area contributed by atoms with Gasteiger partial charge < -0.3 is 16.2 Å². The largest absolute Gasteiger partial charge is 0.387 e. The molecule has 0 radical (unpaired) electrons. The molecule has 0 aromatic carbocycles. The van der Waals surface area contributed by atoms with Crippen LogP contribution in [0.5, 0.6) is 0 Å². The number of aromatic nitrogens is 1. The summed E-state index contributed by atoms with van der Waals surface area (Å²) >= 11 is 0. The average molecular weight is 181 g/mol. The van der Waals surface area contributed by atoms with E-state index in [-0.39, 0.29) is 0 Å². The van der Waals surface area contributed by atoms with Crippen LogP contribution in [0.3, 0.4) is 0 Å². The lowest BCUT2D eigenvalue weighted by Gasteiger charge is -2.10. The Kier molecular flexibility index (Phi) is 4.39. The van der Waals surface area contributed by atoms with E-state index in [4.69, 9.17) is 5.73 Å². The zero-order chi connectivity index (χ0) is 9.52. The van der Waals surface area contributed by atoms with Gasteiger partial charge in [-0.25, -0.2) is 0 Å². The van der Waals surface area contributed by atoms with Crippen LogP contribution in [0, 0.1) is 0 Å². The fourth-order valence-electron chi connectivity index (χ4n) is 1.04. The molecular formula is C9H15N3O. The van der Waals surface area contributed by atoms with Gasteiger partial charge >= 0.3 is 0 Å². The minimum absolute atomic E-state index is 0.477. The standard InChI is InChI=1S/C9H15N3O/c10-3-6-12-7-9(13)8-1-4-11-5-2-8/h1-2,4-5,9,12-13H,3,6-7,10H2. The Balaban J connectivity index is 2.35. The monoisotopic (exact) mass is 181 g/mol. The van der Waals surface area contributed by atoms with Crippen molar-refractivity contribution < 1.29 is 5.11 Å². The van der Waals surface area contributed by atoms with E-state index in [1.165, 1.54) is 0 Å². The molecule has 72 valence electrons. The van der Waals surface area contributed by atoms with Crippen molar-refractivity contribution in [2.24, 2.45) is 5.73 Å². The number of hydrogen-bond acceptors (Lipinski definition) is 4. The Morgan fingerprint density at radius 2 is 2.15 bits per heavy atom. The molecule has 4 heteroatoms. The first-order valence-electron chi connectivity index (χ1n) is 4.33. The minimum Gasteiger partial charge on any atom is -0.387 e. The van der Waals surface area contributed by atoms with Crippen molar-refractivity contribution in [2.45, 2.75) is 6.10 Å². The van der Waals surface area contributed by atoms with Crippen molar-refractivity contribution in [3.8, 4) is 0 Å². The van der Waals surface area contributed by atoms with Gasteiger partial charge in [0.15, 0.2) is 0 Å². The molecule has 0 amide bonds. The fourth-order valence-corrected chi connectivity index (χ4v) is 1.04. The molecule has 1 atom stereocenters. The maximum atomic E-state index is 9.62. The predicted molar refractivity (Wildman–Crippen MR) is 51.1 cm³/mol. The molecule has 1 aromatic heterocycles. The zero-order valence-corrected chi connectivity index (χ0v) is 7.48. The van der Waals surface area contributed by atoms with Crippen LogP contribution in [0.4, 0.5) is 0 Å². The third kappa shape index (κ3) is 3.50. The second kappa shape index (κ2) is 5.64. The van der Waals surface area contributed by atoms with Crippen LogP contribution in [0.2, 0.25) is 0 Å². The molecule has 0 aliphatic heterocycles. The number of rotatable bonds is 5. The molecule has 4 nitrogen and oxygen atoms in total. The van der Waals surface area contributed by atoms with Gasteiger partial charge in [-0.2, -0.15) is 0 Å². The number of hydrogen-bond donors (Lipinski definition) is 3. The van der Waals surface area contributed by atoms with E-state index in [0.717, 1.165) is 12.1 Å². The number of nitrogens with two attached hydrogens (primary N) is 1. The molecule has 1 unspecified atom stereocenters. The number of aliphatic hydroxyl groups is 1. The van der Waals surface area contributed by atoms with E-state index in [0.29, 0.717) is 13.1 Å². The van der Waals surface area contributed by atoms with Gasteiger partial charge in [-0.3, -0.25) is 4.98 Å². The summed E-state index contributed by atoms with van der Waals surface area (Å²) < 4.78 is 0. The van der Waals surface area contributed by atoms with Gasteiger partial charge in [0.05, 0.1) is 6.10 Å². The first kappa shape index (κ1) is 10.1. The SMILES string of the molecule is NCCNCC(O)c1ccncc1. The highest BCUT2D eigenvalue weighted by Gasteiger charge is 2.04. The summed E-state index contributed by atoms with van der Waals surface area (Å²) in [5.74, 6) is 0. The summed E-state index contributed by atoms with van der Waals surface area (Å²) in [7, 11) is 0. The molecule has 4 N–H and O–H groups in total. The molecule has 0 aliphatic carbocycles. The Morgan fingerprint density at radius 1 is 1.46 bits per heavy atom. The quantitative estimate of drug-likeness (QED) is 0.544. The first-order chi connectivity index (χ1) is 6.34. The Morgan fingerprint density at radius 3 is 2.77 bits per heavy atom. The van der Waals surface area contributed by atoms with Crippen LogP contribution < -0.4 is 11.1 Å². The second-order valence-corrected chi connectivity index (χ2v) is 2.79. The van der Waals surface area contributed by atoms with E-state index >= 15 is 0 Å². The Hall–Kier alpha value is -0.970. The molecule has 1 aromatic rings. The summed E-state index contributed by atoms with van der Waals surface area (Å²) in [4.78, 5) is 3.87. The van der Waals surface area contributed by atoms with Crippen molar-refractivity contribution in [3.05, 3.63) is 30.1 Å². The lowest BCUT2D eigenvalue weighted by atomic mass is 10.1. The molecule has 0 bridgehead atoms. The van der Waals surface area contributed by atoms with Crippen LogP contribution in [0.15, 0.2) is 24.5 Å². The van der Waals surface area contributed by atoms with Gasteiger partial charge in [-0.05, 0) is 17.7 Å². The fraction of sp³-hybridized carbons (Fsp3) is 0.444. The van der Waals surface area contributed by atoms with Gasteiger partial charge in [-0.15, -0.1) is 0 Å². The number of nitrogens with zero attached hydrogens (tertiary/aromatic N) is 1. The van der Waals surface area contributed by atoms with Gasteiger partial charge in [0, 0.05) is 32.0 Å². The summed E-state index contributed by atoms with van der Waals surface area (Å²) in [5.41, 5.74) is 6.17. The second-order valence-electron chi connectivity index (χ2n) is 2.79. The van der Waals surface area contributed by atoms with Crippen LogP contribution in [-0.2, 0) is 0 Å². The van der Waals surface area contributed by atoms with Gasteiger partial charge in [0.25, 0.3) is 0 Å². The highest BCUT2D eigenvalue weighted by atomic mass is 16.3. The molecular weight excluding hydrogens is 166 g/mol. The van der Waals surface area contributed by atoms with E-state index < -0.39 is 6.10 Å². The Bertz CT molecular complexity index is 228. The highest BCUT2D eigenvalue weighted by molar-refractivity contribution is 5.13. The molecule has 13 heavy (non-hydrogen) atoms. The van der Waals surface area contributed by atoms with Crippen LogP contribution in [0.1, 0.15) is 11.7 Å². The van der Waals surface area contributed by atoms with Crippen molar-refractivity contribution >= 4 is 0 Å². The average Bonchev–Trinajstić information content (AvgIpc) is 2.19. The predicted octanol–water partition coefficient (Wildman–Crippen LogP) is -0.337. The molecule has 0 saturated carbocycles. The van der Waals surface area contributed by atoms with Crippen LogP contribution >= 0.6 is 0 Å². The number of aliphatic hydroxyl groups excluding tert-OH is 1. The molecule has 0 spiro atoms. The minimum atomic E-state index is -0.477. The molecule has 1 rings (SSSR count). The van der Waals surface area contributed by atoms with Crippen molar-refractivity contribution in [3.63, 3.8) is 0 Å². The number of nitrogens with one attached hydrogen (secondary N) is 1. The zero-order valence-electron chi connectivity index (χ0n) is 7.48. The molecule has 1 heterocycles. The van der Waals surface area contributed by atoms with Gasteiger partial charge in [0.1, 0.15) is 0 Å². The lowest BCUT2D eigenvalue weighted by molar-refractivity contribution is 0.175. The third-order valence-electron chi connectivity index (χ3n) is 1.75. The highest BCUT2D eigenvalue weighted by Crippen LogP contribution is 2.08. The van der Waals surface area contributed by atoms with Crippen LogP contribution in [-0.4, -0.2) is 29.7 Å². The Labute approximate surface area is 77.8 Å². The van der Waals surface area contributed by atoms with E-state index in [1.54, 1.807) is 24.5 Å². The third-order valence-corrected chi connectivity index (χ3v) is 1.75. The molecule has 0 fully saturated rings. The van der Waals surface area contributed by atoms with Gasteiger partial charge in [-0.1, -0.05) is 0 Å². The van der Waals surface area contributed by atoms with E-state index in [2.05, 4.69) is 10.3 Å². The first-order valence-corrected chi connectivity index (χ1v) is 4.33. The topological polar surface area (TPSA) is 71.2 Å². The number of pyridine rings is 1. The van der Waals surface area contributed by atoms with Crippen molar-refractivity contribution in [1.29, 1.82) is 0 Å². The van der Waals surface area contributed by atoms with Crippen molar-refractivity contribution in [1.82, 2.24) is 10.3 Å². The normalized spacial score (nSPS) is 12.8. The van der Waals surface area contributed by atoms with E-state index in [9.17, 15) is 5.11 Å². The summed E-state index contributed by atoms with van der Waals surface area (Å²) in [6.45, 7) is 1.84. The van der Waals surface area contributed by atoms with Crippen molar-refractivity contribution in [2.75, 3.05) is 19.6 Å². The summed E-state index contributed by atoms with van der Waals surface area (Å²) in [6, 6.07) is 3.60. The molecule has 0 saturated heterocycles. The smallest absolute Gasteiger partial charge is 0.0915 e. The van der Waals surface area contributed by atoms with Crippen LogP contribution in [0.25, 0.3) is 0 Å².